The normalized spacial score (nSPS) is 12.3. The summed E-state index contributed by atoms with van der Waals surface area (Å²) in [7, 11) is 1.95. The third-order valence-corrected chi connectivity index (χ3v) is 4.45. The molecule has 2 aromatic carbocycles. The van der Waals surface area contributed by atoms with Crippen LogP contribution in [0.5, 0.6) is 11.5 Å². The van der Waals surface area contributed by atoms with E-state index in [1.54, 1.807) is 35.8 Å². The first kappa shape index (κ1) is 15.3. The quantitative estimate of drug-likeness (QED) is 0.590. The van der Waals surface area contributed by atoms with Crippen molar-refractivity contribution in [3.63, 3.8) is 0 Å². The third-order valence-electron chi connectivity index (χ3n) is 3.37. The Morgan fingerprint density at radius 3 is 2.87 bits per heavy atom. The van der Waals surface area contributed by atoms with Crippen LogP contribution < -0.4 is 9.54 Å². The average molecular weight is 327 g/mol. The highest BCUT2D eigenvalue weighted by Gasteiger charge is 2.04. The number of aromatic hydroxyl groups is 1. The molecule has 0 unspecified atom stereocenters. The highest BCUT2D eigenvalue weighted by molar-refractivity contribution is 7.16. The minimum Gasteiger partial charge on any atom is -0.507 e. The summed E-state index contributed by atoms with van der Waals surface area (Å²) in [6.45, 7) is 2.61. The number of phenolic OH excluding ortho intramolecular Hbond substituents is 1. The van der Waals surface area contributed by atoms with Crippen LogP contribution in [0.4, 0.5) is 0 Å². The van der Waals surface area contributed by atoms with E-state index >= 15 is 0 Å². The summed E-state index contributed by atoms with van der Waals surface area (Å²) in [5.74, 6) is 1.04. The maximum atomic E-state index is 9.71. The Balaban J connectivity index is 1.96. The van der Waals surface area contributed by atoms with Crippen LogP contribution >= 0.6 is 11.3 Å². The van der Waals surface area contributed by atoms with Crippen LogP contribution in [0, 0.1) is 0 Å². The van der Waals surface area contributed by atoms with Gasteiger partial charge in [-0.15, -0.1) is 5.10 Å². The lowest BCUT2D eigenvalue weighted by molar-refractivity contribution is 0.341. The fourth-order valence-corrected chi connectivity index (χ4v) is 3.21. The zero-order chi connectivity index (χ0) is 16.2. The van der Waals surface area contributed by atoms with Crippen LogP contribution in [0.3, 0.4) is 0 Å². The fraction of sp³-hybridized carbons (Fsp3) is 0.176. The topological polar surface area (TPSA) is 59.1 Å². The molecule has 0 atom stereocenters. The molecule has 1 heterocycles. The number of nitrogens with zero attached hydrogens (tertiary/aromatic N) is 3. The van der Waals surface area contributed by atoms with Crippen LogP contribution in [-0.4, -0.2) is 22.5 Å². The Kier molecular flexibility index (Phi) is 4.43. The SMILES string of the molecule is CCOc1ccc2c(c1)sc(=N/N=C/c1ccccc1O)n2C. The molecule has 3 aromatic rings. The van der Waals surface area contributed by atoms with E-state index in [1.807, 2.05) is 42.8 Å². The van der Waals surface area contributed by atoms with Crippen molar-refractivity contribution in [3.8, 4) is 11.5 Å². The highest BCUT2D eigenvalue weighted by atomic mass is 32.1. The Morgan fingerprint density at radius 1 is 1.26 bits per heavy atom. The van der Waals surface area contributed by atoms with Crippen LogP contribution in [0.15, 0.2) is 52.7 Å². The molecule has 0 amide bonds. The molecule has 0 fully saturated rings. The van der Waals surface area contributed by atoms with Gasteiger partial charge in [0.15, 0.2) is 0 Å². The molecule has 5 nitrogen and oxygen atoms in total. The Morgan fingerprint density at radius 2 is 2.09 bits per heavy atom. The second-order valence-electron chi connectivity index (χ2n) is 4.91. The molecule has 0 saturated carbocycles. The second-order valence-corrected chi connectivity index (χ2v) is 5.92. The van der Waals surface area contributed by atoms with Crippen molar-refractivity contribution in [2.45, 2.75) is 6.92 Å². The summed E-state index contributed by atoms with van der Waals surface area (Å²) in [5.41, 5.74) is 1.72. The molecular formula is C17H17N3O2S. The smallest absolute Gasteiger partial charge is 0.211 e. The molecule has 0 spiro atoms. The van der Waals surface area contributed by atoms with Crippen LogP contribution in [0.1, 0.15) is 12.5 Å². The predicted octanol–water partition coefficient (Wildman–Crippen LogP) is 3.28. The zero-order valence-electron chi connectivity index (χ0n) is 12.9. The van der Waals surface area contributed by atoms with Gasteiger partial charge in [0.05, 0.1) is 23.0 Å². The lowest BCUT2D eigenvalue weighted by Gasteiger charge is -2.02. The number of phenols is 1. The van der Waals surface area contributed by atoms with Crippen LogP contribution in [-0.2, 0) is 7.05 Å². The van der Waals surface area contributed by atoms with Gasteiger partial charge in [0.2, 0.25) is 4.80 Å². The minimum atomic E-state index is 0.188. The zero-order valence-corrected chi connectivity index (χ0v) is 13.7. The van der Waals surface area contributed by atoms with Crippen molar-refractivity contribution in [3.05, 3.63) is 52.8 Å². The van der Waals surface area contributed by atoms with Crippen molar-refractivity contribution in [2.75, 3.05) is 6.61 Å². The van der Waals surface area contributed by atoms with Gasteiger partial charge in [-0.2, -0.15) is 5.10 Å². The number of para-hydroxylation sites is 1. The summed E-state index contributed by atoms with van der Waals surface area (Å²) in [4.78, 5) is 0.778. The summed E-state index contributed by atoms with van der Waals surface area (Å²) in [6, 6.07) is 13.0. The van der Waals surface area contributed by atoms with E-state index in [2.05, 4.69) is 10.2 Å². The van der Waals surface area contributed by atoms with Gasteiger partial charge in [-0.25, -0.2) is 0 Å². The van der Waals surface area contributed by atoms with Gasteiger partial charge < -0.3 is 14.4 Å². The first-order valence-corrected chi connectivity index (χ1v) is 8.08. The lowest BCUT2D eigenvalue weighted by atomic mass is 10.2. The molecule has 0 radical (unpaired) electrons. The van der Waals surface area contributed by atoms with Gasteiger partial charge >= 0.3 is 0 Å². The van der Waals surface area contributed by atoms with Crippen molar-refractivity contribution in [2.24, 2.45) is 17.3 Å². The maximum absolute atomic E-state index is 9.71. The van der Waals surface area contributed by atoms with Crippen molar-refractivity contribution in [1.82, 2.24) is 4.57 Å². The first-order chi connectivity index (χ1) is 11.2. The second kappa shape index (κ2) is 6.66. The largest absolute Gasteiger partial charge is 0.507 e. The molecule has 0 saturated heterocycles. The molecule has 0 bridgehead atoms. The Hall–Kier alpha value is -2.60. The predicted molar refractivity (Wildman–Crippen MR) is 93.2 cm³/mol. The number of hydrogen-bond donors (Lipinski definition) is 1. The number of ether oxygens (including phenoxy) is 1. The van der Waals surface area contributed by atoms with E-state index in [0.717, 1.165) is 20.8 Å². The summed E-state index contributed by atoms with van der Waals surface area (Å²) >= 11 is 1.54. The van der Waals surface area contributed by atoms with Gasteiger partial charge in [-0.3, -0.25) is 0 Å². The number of hydrogen-bond acceptors (Lipinski definition) is 5. The monoisotopic (exact) mass is 327 g/mol. The molecule has 0 aliphatic heterocycles. The van der Waals surface area contributed by atoms with E-state index in [1.165, 1.54) is 0 Å². The Labute approximate surface area is 137 Å². The number of thiazole rings is 1. The van der Waals surface area contributed by atoms with Gasteiger partial charge in [0, 0.05) is 12.6 Å². The fourth-order valence-electron chi connectivity index (χ4n) is 2.20. The van der Waals surface area contributed by atoms with Gasteiger partial charge in [-0.05, 0) is 37.3 Å². The molecule has 1 N–H and O–H groups in total. The summed E-state index contributed by atoms with van der Waals surface area (Å²) in [6.07, 6.45) is 1.55. The van der Waals surface area contributed by atoms with E-state index in [0.29, 0.717) is 12.2 Å². The summed E-state index contributed by atoms with van der Waals surface area (Å²) in [5, 5.41) is 18.0. The van der Waals surface area contributed by atoms with Crippen LogP contribution in [0.25, 0.3) is 10.2 Å². The Bertz CT molecular complexity index is 925. The molecule has 23 heavy (non-hydrogen) atoms. The van der Waals surface area contributed by atoms with Gasteiger partial charge in [-0.1, -0.05) is 23.5 Å². The lowest BCUT2D eigenvalue weighted by Crippen LogP contribution is -2.08. The van der Waals surface area contributed by atoms with E-state index in [4.69, 9.17) is 4.74 Å². The van der Waals surface area contributed by atoms with Crippen molar-refractivity contribution in [1.29, 1.82) is 0 Å². The number of benzene rings is 2. The standard InChI is InChI=1S/C17H17N3O2S/c1-3-22-13-8-9-14-16(10-13)23-17(20(14)2)19-18-11-12-6-4-5-7-15(12)21/h4-11,21H,3H2,1-2H3/b18-11+,19-17?. The average Bonchev–Trinajstić information content (AvgIpc) is 2.85. The van der Waals surface area contributed by atoms with Crippen molar-refractivity contribution >= 4 is 27.8 Å². The number of aromatic nitrogens is 1. The molecule has 0 aliphatic rings. The van der Waals surface area contributed by atoms with Crippen LogP contribution in [0.2, 0.25) is 0 Å². The molecule has 3 rings (SSSR count). The van der Waals surface area contributed by atoms with Gasteiger partial charge in [0.25, 0.3) is 0 Å². The number of aryl methyl sites for hydroxylation is 1. The molecule has 6 heteroatoms. The number of rotatable bonds is 4. The molecular weight excluding hydrogens is 310 g/mol. The molecule has 1 aromatic heterocycles. The van der Waals surface area contributed by atoms with E-state index in [-0.39, 0.29) is 5.75 Å². The maximum Gasteiger partial charge on any atom is 0.211 e. The molecule has 0 aliphatic carbocycles. The van der Waals surface area contributed by atoms with E-state index in [9.17, 15) is 5.11 Å². The number of fused-ring (bicyclic) bond motifs is 1. The minimum absolute atomic E-state index is 0.188. The third kappa shape index (κ3) is 3.27. The van der Waals surface area contributed by atoms with E-state index < -0.39 is 0 Å². The van der Waals surface area contributed by atoms with Crippen molar-refractivity contribution < 1.29 is 9.84 Å². The highest BCUT2D eigenvalue weighted by Crippen LogP contribution is 2.22. The van der Waals surface area contributed by atoms with Gasteiger partial charge in [0.1, 0.15) is 11.5 Å². The molecule has 118 valence electrons. The first-order valence-electron chi connectivity index (χ1n) is 7.26. The summed E-state index contributed by atoms with van der Waals surface area (Å²) < 4.78 is 8.60.